The van der Waals surface area contributed by atoms with E-state index in [4.69, 9.17) is 4.74 Å². The number of ether oxygens (including phenoxy) is 1. The molecule has 3 aromatic carbocycles. The summed E-state index contributed by atoms with van der Waals surface area (Å²) in [7, 11) is -3.82. The maximum Gasteiger partial charge on any atom is 0.269 e. The molecule has 0 aliphatic carbocycles. The van der Waals surface area contributed by atoms with Crippen LogP contribution in [0.5, 0.6) is 5.75 Å². The van der Waals surface area contributed by atoms with Crippen molar-refractivity contribution in [2.75, 3.05) is 6.61 Å². The van der Waals surface area contributed by atoms with E-state index in [1.54, 1.807) is 0 Å². The van der Waals surface area contributed by atoms with E-state index in [9.17, 15) is 18.0 Å². The highest BCUT2D eigenvalue weighted by molar-refractivity contribution is 7.89. The van der Waals surface area contributed by atoms with E-state index in [1.807, 2.05) is 61.5 Å². The lowest BCUT2D eigenvalue weighted by molar-refractivity contribution is -0.121. The first-order valence-corrected chi connectivity index (χ1v) is 12.3. The fourth-order valence-corrected chi connectivity index (χ4v) is 4.16. The van der Waals surface area contributed by atoms with Gasteiger partial charge in [-0.25, -0.2) is 13.1 Å². The maximum atomic E-state index is 12.6. The molecule has 0 bridgehead atoms. The Hall–Kier alpha value is -3.69. The van der Waals surface area contributed by atoms with Crippen molar-refractivity contribution in [1.82, 2.24) is 15.6 Å². The van der Waals surface area contributed by atoms with Crippen LogP contribution in [0.1, 0.15) is 34.8 Å². The standard InChI is InChI=1S/C25H27N3O5S/c1-2-33-22-14-11-19(12-15-22)13-16-24(29)27-28-25(30)21-9-6-10-23(17-21)34(31,32)26-18-20-7-4-3-5-8-20/h3-12,14-15,17,26H,2,13,16,18H2,1H3,(H,27,29)(H,28,30). The fourth-order valence-electron chi connectivity index (χ4n) is 3.10. The molecule has 3 rings (SSSR count). The second-order valence-electron chi connectivity index (χ2n) is 7.42. The molecule has 3 N–H and O–H groups in total. The molecule has 9 heteroatoms. The van der Waals surface area contributed by atoms with E-state index in [-0.39, 0.29) is 29.3 Å². The summed E-state index contributed by atoms with van der Waals surface area (Å²) >= 11 is 0. The lowest BCUT2D eigenvalue weighted by atomic mass is 10.1. The topological polar surface area (TPSA) is 114 Å². The van der Waals surface area contributed by atoms with Crippen LogP contribution < -0.4 is 20.3 Å². The van der Waals surface area contributed by atoms with Crippen molar-refractivity contribution in [3.05, 3.63) is 95.6 Å². The van der Waals surface area contributed by atoms with Gasteiger partial charge in [0.1, 0.15) is 5.75 Å². The summed E-state index contributed by atoms with van der Waals surface area (Å²) in [5, 5.41) is 0. The molecule has 3 aromatic rings. The predicted octanol–water partition coefficient (Wildman–Crippen LogP) is 2.96. The Kier molecular flexibility index (Phi) is 8.78. The van der Waals surface area contributed by atoms with Gasteiger partial charge in [-0.2, -0.15) is 0 Å². The third-order valence-corrected chi connectivity index (χ3v) is 6.31. The summed E-state index contributed by atoms with van der Waals surface area (Å²) in [5.74, 6) is -0.215. The van der Waals surface area contributed by atoms with Gasteiger partial charge in [0.05, 0.1) is 11.5 Å². The predicted molar refractivity (Wildman–Crippen MR) is 128 cm³/mol. The van der Waals surface area contributed by atoms with E-state index in [0.29, 0.717) is 13.0 Å². The first kappa shape index (κ1) is 24.9. The monoisotopic (exact) mass is 481 g/mol. The van der Waals surface area contributed by atoms with Crippen molar-refractivity contribution in [3.63, 3.8) is 0 Å². The Morgan fingerprint density at radius 3 is 2.29 bits per heavy atom. The normalized spacial score (nSPS) is 11.0. The van der Waals surface area contributed by atoms with Crippen LogP contribution in [-0.2, 0) is 27.8 Å². The minimum absolute atomic E-state index is 0.0436. The Morgan fingerprint density at radius 1 is 0.853 bits per heavy atom. The van der Waals surface area contributed by atoms with Gasteiger partial charge < -0.3 is 4.74 Å². The largest absolute Gasteiger partial charge is 0.494 e. The number of hydrogen-bond acceptors (Lipinski definition) is 5. The van der Waals surface area contributed by atoms with Crippen LogP contribution in [0.3, 0.4) is 0 Å². The summed E-state index contributed by atoms with van der Waals surface area (Å²) in [6.45, 7) is 2.62. The van der Waals surface area contributed by atoms with Gasteiger partial charge in [0.15, 0.2) is 0 Å². The van der Waals surface area contributed by atoms with Gasteiger partial charge >= 0.3 is 0 Å². The molecule has 34 heavy (non-hydrogen) atoms. The minimum atomic E-state index is -3.82. The highest BCUT2D eigenvalue weighted by Crippen LogP contribution is 2.14. The van der Waals surface area contributed by atoms with Crippen molar-refractivity contribution >= 4 is 21.8 Å². The average molecular weight is 482 g/mol. The number of carbonyl (C=O) groups excluding carboxylic acids is 2. The van der Waals surface area contributed by atoms with Crippen LogP contribution in [-0.4, -0.2) is 26.8 Å². The molecule has 178 valence electrons. The Balaban J connectivity index is 1.50. The molecule has 0 radical (unpaired) electrons. The van der Waals surface area contributed by atoms with Gasteiger partial charge in [-0.3, -0.25) is 20.4 Å². The van der Waals surface area contributed by atoms with Crippen LogP contribution in [0.15, 0.2) is 83.8 Å². The molecule has 8 nitrogen and oxygen atoms in total. The van der Waals surface area contributed by atoms with Crippen LogP contribution in [0.4, 0.5) is 0 Å². The van der Waals surface area contributed by atoms with E-state index >= 15 is 0 Å². The molecule has 0 aliphatic heterocycles. The summed E-state index contributed by atoms with van der Waals surface area (Å²) < 4.78 is 33.1. The number of sulfonamides is 1. The highest BCUT2D eigenvalue weighted by Gasteiger charge is 2.16. The van der Waals surface area contributed by atoms with Crippen molar-refractivity contribution in [2.24, 2.45) is 0 Å². The van der Waals surface area contributed by atoms with E-state index < -0.39 is 15.9 Å². The molecule has 0 unspecified atom stereocenters. The molecule has 0 aromatic heterocycles. The smallest absolute Gasteiger partial charge is 0.269 e. The lowest BCUT2D eigenvalue weighted by Gasteiger charge is -2.10. The lowest BCUT2D eigenvalue weighted by Crippen LogP contribution is -2.41. The number of nitrogens with one attached hydrogen (secondary N) is 3. The molecular weight excluding hydrogens is 454 g/mol. The van der Waals surface area contributed by atoms with Gasteiger partial charge in [0, 0.05) is 18.5 Å². The molecule has 0 fully saturated rings. The summed E-state index contributed by atoms with van der Waals surface area (Å²) in [4.78, 5) is 24.5. The number of amides is 2. The van der Waals surface area contributed by atoms with Crippen molar-refractivity contribution in [3.8, 4) is 5.75 Å². The van der Waals surface area contributed by atoms with Crippen molar-refractivity contribution in [1.29, 1.82) is 0 Å². The number of benzene rings is 3. The number of aryl methyl sites for hydroxylation is 1. The fraction of sp³-hybridized carbons (Fsp3) is 0.200. The second-order valence-corrected chi connectivity index (χ2v) is 9.18. The van der Waals surface area contributed by atoms with Gasteiger partial charge in [-0.15, -0.1) is 0 Å². The van der Waals surface area contributed by atoms with Gasteiger partial charge in [-0.05, 0) is 54.8 Å². The molecular formula is C25H27N3O5S. The van der Waals surface area contributed by atoms with Crippen LogP contribution in [0.2, 0.25) is 0 Å². The molecule has 2 amide bonds. The van der Waals surface area contributed by atoms with E-state index in [2.05, 4.69) is 15.6 Å². The summed E-state index contributed by atoms with van der Waals surface area (Å²) in [6.07, 6.45) is 0.668. The number of rotatable bonds is 10. The molecule has 0 saturated heterocycles. The third kappa shape index (κ3) is 7.43. The molecule has 0 heterocycles. The molecule has 0 aliphatic rings. The first-order chi connectivity index (χ1) is 16.4. The number of hydrogen-bond donors (Lipinski definition) is 3. The quantitative estimate of drug-likeness (QED) is 0.385. The molecule has 0 saturated carbocycles. The Labute approximate surface area is 199 Å². The van der Waals surface area contributed by atoms with Gasteiger partial charge in [-0.1, -0.05) is 48.5 Å². The SMILES string of the molecule is CCOc1ccc(CCC(=O)NNC(=O)c2cccc(S(=O)(=O)NCc3ccccc3)c2)cc1. The number of carbonyl (C=O) groups is 2. The highest BCUT2D eigenvalue weighted by atomic mass is 32.2. The zero-order chi connectivity index (χ0) is 24.4. The summed E-state index contributed by atoms with van der Waals surface area (Å²) in [5.41, 5.74) is 6.57. The van der Waals surface area contributed by atoms with Crippen LogP contribution in [0.25, 0.3) is 0 Å². The maximum absolute atomic E-state index is 12.6. The van der Waals surface area contributed by atoms with Gasteiger partial charge in [0.25, 0.3) is 5.91 Å². The van der Waals surface area contributed by atoms with Crippen molar-refractivity contribution < 1.29 is 22.7 Å². The zero-order valence-corrected chi connectivity index (χ0v) is 19.6. The number of hydrazine groups is 1. The minimum Gasteiger partial charge on any atom is -0.494 e. The second kappa shape index (κ2) is 12.0. The average Bonchev–Trinajstić information content (AvgIpc) is 2.86. The third-order valence-electron chi connectivity index (χ3n) is 4.91. The summed E-state index contributed by atoms with van der Waals surface area (Å²) in [6, 6.07) is 22.2. The Bertz CT molecular complexity index is 1210. The first-order valence-electron chi connectivity index (χ1n) is 10.8. The molecule has 0 spiro atoms. The zero-order valence-electron chi connectivity index (χ0n) is 18.8. The van der Waals surface area contributed by atoms with Gasteiger partial charge in [0.2, 0.25) is 15.9 Å². The van der Waals surface area contributed by atoms with Crippen molar-refractivity contribution in [2.45, 2.75) is 31.2 Å². The van der Waals surface area contributed by atoms with Crippen LogP contribution in [0, 0.1) is 0 Å². The molecule has 0 atom stereocenters. The van der Waals surface area contributed by atoms with Crippen LogP contribution >= 0.6 is 0 Å². The van der Waals surface area contributed by atoms with E-state index in [1.165, 1.54) is 24.3 Å². The Morgan fingerprint density at radius 2 is 1.59 bits per heavy atom. The van der Waals surface area contributed by atoms with E-state index in [0.717, 1.165) is 16.9 Å².